The minimum Gasteiger partial charge on any atom is -0.492 e. The topological polar surface area (TPSA) is 104 Å². The molecule has 100 valence electrons. The number of carbonyl (C=O) groups is 1. The zero-order chi connectivity index (χ0) is 13.9. The summed E-state index contributed by atoms with van der Waals surface area (Å²) in [5.74, 6) is -3.20. The second kappa shape index (κ2) is 5.48. The zero-order valence-corrected chi connectivity index (χ0v) is 9.99. The zero-order valence-electron chi connectivity index (χ0n) is 9.99. The van der Waals surface area contributed by atoms with Crippen LogP contribution in [0.5, 0.6) is 5.88 Å². The van der Waals surface area contributed by atoms with Gasteiger partial charge in [0.15, 0.2) is 0 Å². The number of nitrogens with one attached hydrogen (secondary N) is 2. The van der Waals surface area contributed by atoms with Crippen LogP contribution in [0.15, 0.2) is 9.59 Å². The Kier molecular flexibility index (Phi) is 4.24. The van der Waals surface area contributed by atoms with Crippen LogP contribution < -0.4 is 16.6 Å². The number of aromatic amines is 1. The maximum atomic E-state index is 13.2. The third-order valence-corrected chi connectivity index (χ3v) is 2.38. The van der Waals surface area contributed by atoms with Crippen molar-refractivity contribution in [2.75, 3.05) is 6.54 Å². The van der Waals surface area contributed by atoms with Gasteiger partial charge in [0, 0.05) is 6.54 Å². The van der Waals surface area contributed by atoms with Gasteiger partial charge in [0.05, 0.1) is 0 Å². The van der Waals surface area contributed by atoms with Crippen molar-refractivity contribution in [2.24, 2.45) is 0 Å². The molecule has 0 saturated carbocycles. The van der Waals surface area contributed by atoms with Crippen molar-refractivity contribution in [3.8, 4) is 5.88 Å². The molecule has 1 atom stereocenters. The van der Waals surface area contributed by atoms with Gasteiger partial charge in [-0.25, -0.2) is 9.36 Å². The van der Waals surface area contributed by atoms with Crippen LogP contribution in [-0.2, 0) is 4.79 Å². The van der Waals surface area contributed by atoms with Crippen LogP contribution in [0.3, 0.4) is 0 Å². The highest BCUT2D eigenvalue weighted by atomic mass is 19.1. The largest absolute Gasteiger partial charge is 0.492 e. The number of nitrogens with zero attached hydrogens (tertiary/aromatic N) is 1. The van der Waals surface area contributed by atoms with E-state index in [1.165, 1.54) is 6.92 Å². The Hall–Kier alpha value is -2.12. The van der Waals surface area contributed by atoms with Gasteiger partial charge in [0.25, 0.3) is 5.56 Å². The predicted octanol–water partition coefficient (Wildman–Crippen LogP) is -0.532. The van der Waals surface area contributed by atoms with Crippen molar-refractivity contribution in [3.05, 3.63) is 26.7 Å². The molecule has 0 radical (unpaired) electrons. The molecule has 0 bridgehead atoms. The lowest BCUT2D eigenvalue weighted by molar-refractivity contribution is -0.124. The van der Waals surface area contributed by atoms with Crippen molar-refractivity contribution in [1.29, 1.82) is 0 Å². The van der Waals surface area contributed by atoms with Gasteiger partial charge in [-0.05, 0) is 13.3 Å². The second-order valence-electron chi connectivity index (χ2n) is 3.73. The number of hydrogen-bond acceptors (Lipinski definition) is 4. The number of amides is 1. The Balaban J connectivity index is 3.18. The van der Waals surface area contributed by atoms with Crippen molar-refractivity contribution in [2.45, 2.75) is 26.3 Å². The minimum absolute atomic E-state index is 0.393. The first-order valence-electron chi connectivity index (χ1n) is 5.41. The number of hydrogen-bond donors (Lipinski definition) is 3. The summed E-state index contributed by atoms with van der Waals surface area (Å²) in [6, 6.07) is -1.13. The normalized spacial score (nSPS) is 12.2. The van der Waals surface area contributed by atoms with Crippen molar-refractivity contribution in [3.63, 3.8) is 0 Å². The molecule has 7 nitrogen and oxygen atoms in total. The van der Waals surface area contributed by atoms with Gasteiger partial charge in [-0.1, -0.05) is 6.92 Å². The van der Waals surface area contributed by atoms with Gasteiger partial charge in [-0.3, -0.25) is 14.6 Å². The molecule has 0 saturated heterocycles. The standard InChI is InChI=1S/C10H14FN3O4/c1-3-4-12-7(15)5(2)14-9(17)6(11)8(16)13-10(14)18/h5,17H,3-4H2,1-2H3,(H,12,15)(H,13,16,18). The number of aromatic nitrogens is 2. The SMILES string of the molecule is CCCNC(=O)C(C)n1c(O)c(F)c(=O)[nH]c1=O. The first-order valence-corrected chi connectivity index (χ1v) is 5.41. The lowest BCUT2D eigenvalue weighted by Gasteiger charge is -2.15. The molecule has 0 spiro atoms. The predicted molar refractivity (Wildman–Crippen MR) is 61.0 cm³/mol. The number of halogens is 1. The molecule has 0 aliphatic rings. The van der Waals surface area contributed by atoms with Gasteiger partial charge in [0.2, 0.25) is 17.6 Å². The van der Waals surface area contributed by atoms with E-state index in [0.717, 1.165) is 0 Å². The molecule has 1 amide bonds. The maximum Gasteiger partial charge on any atom is 0.332 e. The van der Waals surface area contributed by atoms with Crippen LogP contribution >= 0.6 is 0 Å². The fraction of sp³-hybridized carbons (Fsp3) is 0.500. The number of carbonyl (C=O) groups excluding carboxylic acids is 1. The average Bonchev–Trinajstić information content (AvgIpc) is 2.33. The highest BCUT2D eigenvalue weighted by Gasteiger charge is 2.22. The molecule has 1 aromatic heterocycles. The monoisotopic (exact) mass is 259 g/mol. The summed E-state index contributed by atoms with van der Waals surface area (Å²) >= 11 is 0. The van der Waals surface area contributed by atoms with E-state index < -0.39 is 34.9 Å². The van der Waals surface area contributed by atoms with Crippen LogP contribution in [-0.4, -0.2) is 27.1 Å². The fourth-order valence-electron chi connectivity index (χ4n) is 1.39. The van der Waals surface area contributed by atoms with Crippen LogP contribution in [0, 0.1) is 5.82 Å². The summed E-state index contributed by atoms with van der Waals surface area (Å²) in [5.41, 5.74) is -2.37. The van der Waals surface area contributed by atoms with Gasteiger partial charge >= 0.3 is 5.69 Å². The fourth-order valence-corrected chi connectivity index (χ4v) is 1.39. The molecular formula is C10H14FN3O4. The first-order chi connectivity index (χ1) is 8.40. The molecule has 1 heterocycles. The first kappa shape index (κ1) is 13.9. The molecule has 3 N–H and O–H groups in total. The summed E-state index contributed by atoms with van der Waals surface area (Å²) in [4.78, 5) is 35.6. The third kappa shape index (κ3) is 2.58. The van der Waals surface area contributed by atoms with Crippen LogP contribution in [0.4, 0.5) is 4.39 Å². The van der Waals surface area contributed by atoms with Crippen molar-refractivity contribution in [1.82, 2.24) is 14.9 Å². The molecule has 1 rings (SSSR count). The highest BCUT2D eigenvalue weighted by molar-refractivity contribution is 5.80. The quantitative estimate of drug-likeness (QED) is 0.676. The number of aromatic hydroxyl groups is 1. The lowest BCUT2D eigenvalue weighted by Crippen LogP contribution is -2.40. The van der Waals surface area contributed by atoms with E-state index >= 15 is 0 Å². The van der Waals surface area contributed by atoms with Crippen LogP contribution in [0.2, 0.25) is 0 Å². The van der Waals surface area contributed by atoms with Gasteiger partial charge in [-0.2, -0.15) is 4.39 Å². The van der Waals surface area contributed by atoms with Crippen LogP contribution in [0.1, 0.15) is 26.3 Å². The van der Waals surface area contributed by atoms with E-state index in [4.69, 9.17) is 0 Å². The Bertz CT molecular complexity index is 563. The highest BCUT2D eigenvalue weighted by Crippen LogP contribution is 2.14. The molecule has 0 aromatic carbocycles. The molecule has 0 fully saturated rings. The van der Waals surface area contributed by atoms with E-state index in [0.29, 0.717) is 17.5 Å². The van der Waals surface area contributed by atoms with E-state index in [9.17, 15) is 23.9 Å². The molecular weight excluding hydrogens is 245 g/mol. The Morgan fingerprint density at radius 2 is 2.17 bits per heavy atom. The van der Waals surface area contributed by atoms with Gasteiger partial charge < -0.3 is 10.4 Å². The molecule has 1 aromatic rings. The molecule has 1 unspecified atom stereocenters. The summed E-state index contributed by atoms with van der Waals surface area (Å²) in [6.07, 6.45) is 0.694. The third-order valence-electron chi connectivity index (χ3n) is 2.38. The van der Waals surface area contributed by atoms with E-state index in [2.05, 4.69) is 5.32 Å². The maximum absolute atomic E-state index is 13.2. The van der Waals surface area contributed by atoms with Crippen LogP contribution in [0.25, 0.3) is 0 Å². The number of rotatable bonds is 4. The molecule has 8 heteroatoms. The summed E-state index contributed by atoms with van der Waals surface area (Å²) in [6.45, 7) is 3.54. The smallest absolute Gasteiger partial charge is 0.332 e. The Labute approximate surface area is 101 Å². The van der Waals surface area contributed by atoms with E-state index in [1.807, 2.05) is 6.92 Å². The molecule has 0 aliphatic carbocycles. The summed E-state index contributed by atoms with van der Waals surface area (Å²) in [7, 11) is 0. The number of H-pyrrole nitrogens is 1. The summed E-state index contributed by atoms with van der Waals surface area (Å²) in [5, 5.41) is 11.9. The van der Waals surface area contributed by atoms with E-state index in [1.54, 1.807) is 4.98 Å². The minimum atomic E-state index is -1.50. The molecule has 18 heavy (non-hydrogen) atoms. The average molecular weight is 259 g/mol. The van der Waals surface area contributed by atoms with Gasteiger partial charge in [-0.15, -0.1) is 0 Å². The van der Waals surface area contributed by atoms with Crippen molar-refractivity contribution < 1.29 is 14.3 Å². The van der Waals surface area contributed by atoms with Crippen molar-refractivity contribution >= 4 is 5.91 Å². The lowest BCUT2D eigenvalue weighted by atomic mass is 10.3. The summed E-state index contributed by atoms with van der Waals surface area (Å²) < 4.78 is 13.6. The van der Waals surface area contributed by atoms with E-state index in [-0.39, 0.29) is 0 Å². The Morgan fingerprint density at radius 3 is 2.72 bits per heavy atom. The van der Waals surface area contributed by atoms with Gasteiger partial charge in [0.1, 0.15) is 6.04 Å². The Morgan fingerprint density at radius 1 is 1.56 bits per heavy atom. The second-order valence-corrected chi connectivity index (χ2v) is 3.73. The molecule has 0 aliphatic heterocycles.